The summed E-state index contributed by atoms with van der Waals surface area (Å²) in [7, 11) is 0. The van der Waals surface area contributed by atoms with Gasteiger partial charge in [0.15, 0.2) is 0 Å². The number of benzene rings is 11. The van der Waals surface area contributed by atoms with Crippen molar-refractivity contribution in [3.8, 4) is 34.4 Å². The zero-order chi connectivity index (χ0) is 46.5. The van der Waals surface area contributed by atoms with Crippen LogP contribution in [0.5, 0.6) is 0 Å². The van der Waals surface area contributed by atoms with E-state index in [9.17, 15) is 10.5 Å². The van der Waals surface area contributed by atoms with Gasteiger partial charge in [0, 0.05) is 48.9 Å². The summed E-state index contributed by atoms with van der Waals surface area (Å²) < 4.78 is 2.35. The first-order valence-corrected chi connectivity index (χ1v) is 24.3. The molecule has 0 N–H and O–H groups in total. The highest BCUT2D eigenvalue weighted by Gasteiger charge is 2.53. The first-order chi connectivity index (χ1) is 34.6. The van der Waals surface area contributed by atoms with Crippen LogP contribution in [0, 0.1) is 22.7 Å². The number of hydrogen-bond acceptors (Lipinski definition) is 5. The summed E-state index contributed by atoms with van der Waals surface area (Å²) in [6.45, 7) is 0. The first kappa shape index (κ1) is 39.9. The van der Waals surface area contributed by atoms with Crippen LogP contribution in [-0.2, 0) is 5.41 Å². The van der Waals surface area contributed by atoms with Crippen molar-refractivity contribution >= 4 is 87.2 Å². The highest BCUT2D eigenvalue weighted by molar-refractivity contribution is 7.26. The van der Waals surface area contributed by atoms with Gasteiger partial charge in [-0.1, -0.05) is 146 Å². The zero-order valence-electron chi connectivity index (χ0n) is 37.6. The van der Waals surface area contributed by atoms with Crippen LogP contribution in [-0.4, -0.2) is 0 Å². The molecule has 324 valence electrons. The van der Waals surface area contributed by atoms with Crippen molar-refractivity contribution < 1.29 is 0 Å². The number of fused-ring (bicyclic) bond motifs is 15. The molecule has 0 atom stereocenters. The minimum atomic E-state index is -0.611. The molecule has 2 aliphatic carbocycles. The van der Waals surface area contributed by atoms with Crippen LogP contribution < -0.4 is 9.80 Å². The fraction of sp³-hybridized carbons (Fsp3) is 0.0154. The lowest BCUT2D eigenvalue weighted by Gasteiger charge is -2.32. The minimum Gasteiger partial charge on any atom is -0.310 e. The maximum atomic E-state index is 10.1. The second-order valence-electron chi connectivity index (χ2n) is 18.2. The SMILES string of the molecule is N#Cc1ccc(N(c2ccc3sc4c(N(c5ccc(C#N)cc5)c5cccc6ccccc56)c5c(cc4c3c2)C2(c3ccccc3-c3ccccc32)c2ccccc2-5)c2cccc3ccccc23)cc1. The van der Waals surface area contributed by atoms with E-state index in [2.05, 4.69) is 228 Å². The zero-order valence-corrected chi connectivity index (χ0v) is 38.5. The monoisotopic (exact) mass is 906 g/mol. The Bertz CT molecular complexity index is 4170. The normalized spacial score (nSPS) is 12.7. The van der Waals surface area contributed by atoms with Crippen molar-refractivity contribution in [1.29, 1.82) is 10.5 Å². The van der Waals surface area contributed by atoms with E-state index in [1.807, 2.05) is 35.6 Å². The molecular formula is C65H38N4S. The van der Waals surface area contributed by atoms with E-state index in [1.165, 1.54) is 59.3 Å². The van der Waals surface area contributed by atoms with E-state index < -0.39 is 5.41 Å². The molecule has 0 unspecified atom stereocenters. The van der Waals surface area contributed by atoms with Gasteiger partial charge in [-0.05, 0) is 135 Å². The molecule has 0 aliphatic heterocycles. The number of nitriles is 2. The Hall–Kier alpha value is -9.26. The number of rotatable bonds is 6. The summed E-state index contributed by atoms with van der Waals surface area (Å²) in [6, 6.07) is 87.5. The van der Waals surface area contributed by atoms with Crippen LogP contribution in [0.25, 0.3) is 64.0 Å². The molecule has 2 aliphatic rings. The van der Waals surface area contributed by atoms with E-state index in [1.54, 1.807) is 0 Å². The van der Waals surface area contributed by atoms with Gasteiger partial charge in [-0.2, -0.15) is 10.5 Å². The maximum Gasteiger partial charge on any atom is 0.0991 e. The lowest BCUT2D eigenvalue weighted by atomic mass is 9.70. The van der Waals surface area contributed by atoms with Crippen LogP contribution in [0.1, 0.15) is 33.4 Å². The topological polar surface area (TPSA) is 54.1 Å². The maximum absolute atomic E-state index is 10.1. The second kappa shape index (κ2) is 15.4. The average molecular weight is 907 g/mol. The van der Waals surface area contributed by atoms with E-state index in [4.69, 9.17) is 0 Å². The van der Waals surface area contributed by atoms with Crippen molar-refractivity contribution in [2.45, 2.75) is 5.41 Å². The molecular weight excluding hydrogens is 869 g/mol. The molecule has 5 heteroatoms. The van der Waals surface area contributed by atoms with Crippen molar-refractivity contribution in [2.75, 3.05) is 9.80 Å². The number of thiophene rings is 1. The smallest absolute Gasteiger partial charge is 0.0991 e. The van der Waals surface area contributed by atoms with Gasteiger partial charge in [-0.3, -0.25) is 0 Å². The molecule has 12 aromatic rings. The molecule has 0 amide bonds. The molecule has 0 saturated carbocycles. The third kappa shape index (κ3) is 5.62. The molecule has 70 heavy (non-hydrogen) atoms. The molecule has 0 saturated heterocycles. The van der Waals surface area contributed by atoms with Gasteiger partial charge >= 0.3 is 0 Å². The van der Waals surface area contributed by atoms with Crippen LogP contribution in [0.4, 0.5) is 34.1 Å². The Balaban J connectivity index is 1.14. The lowest BCUT2D eigenvalue weighted by Crippen LogP contribution is -2.26. The molecule has 0 radical (unpaired) electrons. The van der Waals surface area contributed by atoms with Crippen LogP contribution >= 0.6 is 11.3 Å². The van der Waals surface area contributed by atoms with E-state index in [0.717, 1.165) is 61.1 Å². The van der Waals surface area contributed by atoms with Crippen molar-refractivity contribution in [3.63, 3.8) is 0 Å². The Morgan fingerprint density at radius 1 is 0.371 bits per heavy atom. The number of anilines is 6. The number of hydrogen-bond donors (Lipinski definition) is 0. The van der Waals surface area contributed by atoms with Gasteiger partial charge in [0.2, 0.25) is 0 Å². The van der Waals surface area contributed by atoms with Crippen LogP contribution in [0.15, 0.2) is 231 Å². The van der Waals surface area contributed by atoms with E-state index in [0.29, 0.717) is 11.1 Å². The van der Waals surface area contributed by atoms with Crippen LogP contribution in [0.2, 0.25) is 0 Å². The van der Waals surface area contributed by atoms with Gasteiger partial charge in [-0.15, -0.1) is 11.3 Å². The third-order valence-corrected chi connectivity index (χ3v) is 15.9. The van der Waals surface area contributed by atoms with Gasteiger partial charge < -0.3 is 9.80 Å². The Morgan fingerprint density at radius 2 is 0.843 bits per heavy atom. The highest BCUT2D eigenvalue weighted by Crippen LogP contribution is 2.67. The molecule has 1 spiro atoms. The van der Waals surface area contributed by atoms with E-state index >= 15 is 0 Å². The Kier molecular flexibility index (Phi) is 8.76. The summed E-state index contributed by atoms with van der Waals surface area (Å²) in [5, 5.41) is 26.8. The summed E-state index contributed by atoms with van der Waals surface area (Å²) >= 11 is 1.83. The second-order valence-corrected chi connectivity index (χ2v) is 19.2. The summed E-state index contributed by atoms with van der Waals surface area (Å²) in [5.74, 6) is 0. The Morgan fingerprint density at radius 3 is 1.43 bits per heavy atom. The summed E-state index contributed by atoms with van der Waals surface area (Å²) in [4.78, 5) is 4.81. The quantitative estimate of drug-likeness (QED) is 0.167. The molecule has 1 aromatic heterocycles. The van der Waals surface area contributed by atoms with Crippen molar-refractivity contribution in [1.82, 2.24) is 0 Å². The molecule has 1 heterocycles. The van der Waals surface area contributed by atoms with Crippen molar-refractivity contribution in [2.24, 2.45) is 0 Å². The van der Waals surface area contributed by atoms with Gasteiger partial charge in [-0.25, -0.2) is 0 Å². The molecule has 14 rings (SSSR count). The van der Waals surface area contributed by atoms with Crippen LogP contribution in [0.3, 0.4) is 0 Å². The third-order valence-electron chi connectivity index (χ3n) is 14.7. The summed E-state index contributed by atoms with van der Waals surface area (Å²) in [6.07, 6.45) is 0. The molecule has 0 fully saturated rings. The summed E-state index contributed by atoms with van der Waals surface area (Å²) in [5.41, 5.74) is 16.8. The van der Waals surface area contributed by atoms with Crippen molar-refractivity contribution in [3.05, 3.63) is 264 Å². The molecule has 4 nitrogen and oxygen atoms in total. The van der Waals surface area contributed by atoms with Gasteiger partial charge in [0.05, 0.1) is 50.4 Å². The Labute approximate surface area is 409 Å². The fourth-order valence-corrected chi connectivity index (χ4v) is 13.0. The first-order valence-electron chi connectivity index (χ1n) is 23.5. The predicted octanol–water partition coefficient (Wildman–Crippen LogP) is 17.4. The minimum absolute atomic E-state index is 0.611. The van der Waals surface area contributed by atoms with Gasteiger partial charge in [0.1, 0.15) is 0 Å². The molecule has 11 aromatic carbocycles. The highest BCUT2D eigenvalue weighted by atomic mass is 32.1. The van der Waals surface area contributed by atoms with Gasteiger partial charge in [0.25, 0.3) is 0 Å². The van der Waals surface area contributed by atoms with E-state index in [-0.39, 0.29) is 0 Å². The number of nitrogens with zero attached hydrogens (tertiary/aromatic N) is 4. The fourth-order valence-electron chi connectivity index (χ4n) is 11.8. The standard InChI is InChI=1S/C65H38N4S/c66-39-41-27-31-45(32-28-41)68(59-25-11-15-43-13-1-3-17-48(43)59)47-35-36-61-53(37-47)54-38-58-62(52-21-7-10-24-57(52)65(58)55-22-8-5-19-50(55)51-20-6-9-23-56(51)65)63(64(54)70-61)69(46-33-29-42(40-67)30-34-46)60-26-12-16-44-14-2-4-18-49(44)60/h1-38H. The largest absolute Gasteiger partial charge is 0.310 e. The average Bonchev–Trinajstić information content (AvgIpc) is 4.05. The predicted molar refractivity (Wildman–Crippen MR) is 289 cm³/mol. The lowest BCUT2D eigenvalue weighted by molar-refractivity contribution is 0.795. The molecule has 0 bridgehead atoms.